The Morgan fingerprint density at radius 1 is 0.895 bits per heavy atom. The van der Waals surface area contributed by atoms with Crippen LogP contribution >= 0.6 is 0 Å². The molecule has 19 heavy (non-hydrogen) atoms. The molecule has 2 heteroatoms. The van der Waals surface area contributed by atoms with E-state index in [2.05, 4.69) is 52.0 Å². The van der Waals surface area contributed by atoms with Crippen molar-refractivity contribution in [2.24, 2.45) is 10.8 Å². The van der Waals surface area contributed by atoms with Crippen LogP contribution in [0.3, 0.4) is 0 Å². The van der Waals surface area contributed by atoms with E-state index in [0.29, 0.717) is 29.0 Å². The molecule has 0 aromatic rings. The van der Waals surface area contributed by atoms with Crippen LogP contribution in [0.4, 0.5) is 0 Å². The standard InChI is InChI=1S/C17H34N2/c1-13-8-7-9-14(2)19(13)18-15-10-16(3,4)12-17(5,6)11-15/h13-15,18H,7-12H2,1-6H3. The third-order valence-corrected chi connectivity index (χ3v) is 5.08. The fourth-order valence-electron chi connectivity index (χ4n) is 4.82. The molecule has 1 saturated carbocycles. The highest BCUT2D eigenvalue weighted by atomic mass is 15.5. The number of nitrogens with one attached hydrogen (secondary N) is 1. The van der Waals surface area contributed by atoms with Crippen molar-refractivity contribution in [3.05, 3.63) is 0 Å². The molecule has 0 aromatic carbocycles. The van der Waals surface area contributed by atoms with Crippen LogP contribution in [0.25, 0.3) is 0 Å². The summed E-state index contributed by atoms with van der Waals surface area (Å²) in [6, 6.07) is 2.04. The minimum Gasteiger partial charge on any atom is -0.252 e. The Balaban J connectivity index is 2.01. The molecule has 0 amide bonds. The fraction of sp³-hybridized carbons (Fsp3) is 1.00. The second kappa shape index (κ2) is 5.37. The largest absolute Gasteiger partial charge is 0.252 e. The van der Waals surface area contributed by atoms with Crippen LogP contribution in [-0.2, 0) is 0 Å². The molecule has 1 heterocycles. The number of nitrogens with zero attached hydrogens (tertiary/aromatic N) is 1. The molecular weight excluding hydrogens is 232 g/mol. The van der Waals surface area contributed by atoms with Gasteiger partial charge in [-0.2, -0.15) is 0 Å². The van der Waals surface area contributed by atoms with E-state index in [9.17, 15) is 0 Å². The maximum atomic E-state index is 3.90. The highest BCUT2D eigenvalue weighted by Crippen LogP contribution is 2.45. The van der Waals surface area contributed by atoms with Gasteiger partial charge in [0.1, 0.15) is 0 Å². The molecule has 2 atom stereocenters. The van der Waals surface area contributed by atoms with E-state index in [1.165, 1.54) is 38.5 Å². The first-order valence-electron chi connectivity index (χ1n) is 8.23. The second-order valence-corrected chi connectivity index (χ2v) is 8.78. The average Bonchev–Trinajstić information content (AvgIpc) is 2.19. The monoisotopic (exact) mass is 266 g/mol. The summed E-state index contributed by atoms with van der Waals surface area (Å²) in [6.45, 7) is 14.5. The Hall–Kier alpha value is -0.0800. The Kier molecular flexibility index (Phi) is 4.32. The van der Waals surface area contributed by atoms with Crippen LogP contribution in [0.2, 0.25) is 0 Å². The average molecular weight is 266 g/mol. The maximum absolute atomic E-state index is 3.90. The van der Waals surface area contributed by atoms with Gasteiger partial charge >= 0.3 is 0 Å². The molecule has 0 radical (unpaired) electrons. The van der Waals surface area contributed by atoms with Crippen LogP contribution < -0.4 is 5.43 Å². The van der Waals surface area contributed by atoms with Gasteiger partial charge in [-0.1, -0.05) is 34.1 Å². The molecule has 0 bridgehead atoms. The first-order chi connectivity index (χ1) is 8.69. The van der Waals surface area contributed by atoms with Gasteiger partial charge in [0.2, 0.25) is 0 Å². The molecule has 2 nitrogen and oxygen atoms in total. The zero-order valence-corrected chi connectivity index (χ0v) is 13.9. The number of rotatable bonds is 2. The van der Waals surface area contributed by atoms with E-state index in [1.807, 2.05) is 0 Å². The number of hydrazine groups is 1. The van der Waals surface area contributed by atoms with Crippen molar-refractivity contribution in [2.45, 2.75) is 98.2 Å². The molecule has 1 N–H and O–H groups in total. The van der Waals surface area contributed by atoms with E-state index in [0.717, 1.165) is 0 Å². The zero-order chi connectivity index (χ0) is 14.3. The molecule has 2 fully saturated rings. The summed E-state index contributed by atoms with van der Waals surface area (Å²) in [4.78, 5) is 0. The molecule has 0 spiro atoms. The van der Waals surface area contributed by atoms with Gasteiger partial charge in [-0.25, -0.2) is 5.01 Å². The van der Waals surface area contributed by atoms with Gasteiger partial charge in [-0.15, -0.1) is 0 Å². The van der Waals surface area contributed by atoms with E-state index < -0.39 is 0 Å². The third-order valence-electron chi connectivity index (χ3n) is 5.08. The summed E-state index contributed by atoms with van der Waals surface area (Å²) in [5.74, 6) is 0. The second-order valence-electron chi connectivity index (χ2n) is 8.78. The first-order valence-corrected chi connectivity index (χ1v) is 8.23. The van der Waals surface area contributed by atoms with E-state index in [-0.39, 0.29) is 0 Å². The lowest BCUT2D eigenvalue weighted by molar-refractivity contribution is -0.0113. The van der Waals surface area contributed by atoms with Crippen molar-refractivity contribution < 1.29 is 0 Å². The molecule has 112 valence electrons. The van der Waals surface area contributed by atoms with Crippen molar-refractivity contribution in [3.63, 3.8) is 0 Å². The quantitative estimate of drug-likeness (QED) is 0.799. The molecule has 0 aromatic heterocycles. The molecule has 1 aliphatic carbocycles. The Morgan fingerprint density at radius 3 is 1.84 bits per heavy atom. The lowest BCUT2D eigenvalue weighted by Crippen LogP contribution is -2.58. The van der Waals surface area contributed by atoms with E-state index in [4.69, 9.17) is 0 Å². The number of hydrogen-bond acceptors (Lipinski definition) is 2. The van der Waals surface area contributed by atoms with Crippen LogP contribution in [0.5, 0.6) is 0 Å². The van der Waals surface area contributed by atoms with Gasteiger partial charge in [0.05, 0.1) is 0 Å². The smallest absolute Gasteiger partial charge is 0.0225 e. The normalized spacial score (nSPS) is 36.3. The van der Waals surface area contributed by atoms with Gasteiger partial charge in [0, 0.05) is 18.1 Å². The minimum absolute atomic E-state index is 0.474. The van der Waals surface area contributed by atoms with Crippen molar-refractivity contribution in [1.82, 2.24) is 10.4 Å². The summed E-state index contributed by atoms with van der Waals surface area (Å²) >= 11 is 0. The summed E-state index contributed by atoms with van der Waals surface area (Å²) in [5, 5.41) is 2.56. The Morgan fingerprint density at radius 2 is 1.37 bits per heavy atom. The molecule has 2 aliphatic rings. The van der Waals surface area contributed by atoms with Gasteiger partial charge in [-0.3, -0.25) is 5.43 Å². The van der Waals surface area contributed by atoms with E-state index >= 15 is 0 Å². The van der Waals surface area contributed by atoms with Gasteiger partial charge in [-0.05, 0) is 56.8 Å². The van der Waals surface area contributed by atoms with Gasteiger partial charge in [0.15, 0.2) is 0 Å². The van der Waals surface area contributed by atoms with Gasteiger partial charge < -0.3 is 0 Å². The van der Waals surface area contributed by atoms with Crippen LogP contribution in [0, 0.1) is 10.8 Å². The van der Waals surface area contributed by atoms with Crippen LogP contribution in [0.15, 0.2) is 0 Å². The van der Waals surface area contributed by atoms with Crippen molar-refractivity contribution in [3.8, 4) is 0 Å². The molecule has 2 unspecified atom stereocenters. The lowest BCUT2D eigenvalue weighted by atomic mass is 9.64. The molecule has 2 rings (SSSR count). The minimum atomic E-state index is 0.474. The first kappa shape index (κ1) is 15.3. The fourth-order valence-corrected chi connectivity index (χ4v) is 4.82. The molecule has 1 aliphatic heterocycles. The Labute approximate surface area is 120 Å². The van der Waals surface area contributed by atoms with Crippen LogP contribution in [0.1, 0.15) is 80.1 Å². The molecule has 1 saturated heterocycles. The SMILES string of the molecule is CC1CCCC(C)N1NC1CC(C)(C)CC(C)(C)C1. The topological polar surface area (TPSA) is 15.3 Å². The summed E-state index contributed by atoms with van der Waals surface area (Å²) in [5.41, 5.74) is 4.85. The highest BCUT2D eigenvalue weighted by Gasteiger charge is 2.39. The lowest BCUT2D eigenvalue weighted by Gasteiger charge is -2.49. The maximum Gasteiger partial charge on any atom is 0.0225 e. The number of hydrogen-bond donors (Lipinski definition) is 1. The molecular formula is C17H34N2. The van der Waals surface area contributed by atoms with Crippen molar-refractivity contribution in [2.75, 3.05) is 0 Å². The zero-order valence-electron chi connectivity index (χ0n) is 13.9. The summed E-state index contributed by atoms with van der Waals surface area (Å²) in [6.07, 6.45) is 8.05. The van der Waals surface area contributed by atoms with Crippen molar-refractivity contribution >= 4 is 0 Å². The van der Waals surface area contributed by atoms with Crippen molar-refractivity contribution in [1.29, 1.82) is 0 Å². The van der Waals surface area contributed by atoms with Gasteiger partial charge in [0.25, 0.3) is 0 Å². The number of piperidine rings is 1. The predicted molar refractivity (Wildman–Crippen MR) is 83.0 cm³/mol. The third kappa shape index (κ3) is 3.95. The van der Waals surface area contributed by atoms with Crippen LogP contribution in [-0.4, -0.2) is 23.1 Å². The summed E-state index contributed by atoms with van der Waals surface area (Å²) < 4.78 is 0. The predicted octanol–water partition coefficient (Wildman–Crippen LogP) is 4.36. The van der Waals surface area contributed by atoms with E-state index in [1.54, 1.807) is 0 Å². The Bertz CT molecular complexity index is 282. The summed E-state index contributed by atoms with van der Waals surface area (Å²) in [7, 11) is 0. The highest BCUT2D eigenvalue weighted by molar-refractivity contribution is 4.92.